The molecule has 0 N–H and O–H groups in total. The Morgan fingerprint density at radius 1 is 1.50 bits per heavy atom. The van der Waals surface area contributed by atoms with Crippen molar-refractivity contribution in [3.63, 3.8) is 0 Å². The van der Waals surface area contributed by atoms with Crippen molar-refractivity contribution in [3.8, 4) is 5.13 Å². The molecular weight excluding hydrogens is 196 g/mol. The predicted octanol–water partition coefficient (Wildman–Crippen LogP) is 1.91. The Bertz CT molecular complexity index is 455. The zero-order valence-electron chi connectivity index (χ0n) is 7.84. The molecule has 1 aliphatic rings. The average molecular weight is 206 g/mol. The molecule has 0 saturated heterocycles. The first-order valence-corrected chi connectivity index (χ1v) is 5.46. The van der Waals surface area contributed by atoms with Crippen LogP contribution in [0.15, 0.2) is 12.3 Å². The highest BCUT2D eigenvalue weighted by atomic mass is 32.1. The van der Waals surface area contributed by atoms with Crippen molar-refractivity contribution in [3.05, 3.63) is 23.8 Å². The van der Waals surface area contributed by atoms with Crippen molar-refractivity contribution in [2.24, 2.45) is 0 Å². The van der Waals surface area contributed by atoms with Gasteiger partial charge in [-0.25, -0.2) is 9.67 Å². The number of aromatic nitrogens is 4. The standard InChI is InChI=1S/C9H10N4S/c1-6-4-5-13(11-6)9-10-8(12-14-9)7-2-3-7/h4-5,7H,2-3H2,1H3. The zero-order valence-corrected chi connectivity index (χ0v) is 8.66. The van der Waals surface area contributed by atoms with Gasteiger partial charge >= 0.3 is 0 Å². The van der Waals surface area contributed by atoms with Gasteiger partial charge in [0.05, 0.1) is 5.69 Å². The van der Waals surface area contributed by atoms with Gasteiger partial charge < -0.3 is 0 Å². The molecule has 0 aromatic carbocycles. The summed E-state index contributed by atoms with van der Waals surface area (Å²) in [4.78, 5) is 4.46. The molecule has 2 aromatic heterocycles. The van der Waals surface area contributed by atoms with Gasteiger partial charge in [0.25, 0.3) is 0 Å². The van der Waals surface area contributed by atoms with E-state index in [1.54, 1.807) is 4.68 Å². The molecule has 1 aliphatic carbocycles. The first-order chi connectivity index (χ1) is 6.83. The minimum absolute atomic E-state index is 0.622. The summed E-state index contributed by atoms with van der Waals surface area (Å²) >= 11 is 1.42. The molecule has 0 amide bonds. The molecule has 5 heteroatoms. The van der Waals surface area contributed by atoms with E-state index in [2.05, 4.69) is 14.5 Å². The highest BCUT2D eigenvalue weighted by Gasteiger charge is 2.28. The van der Waals surface area contributed by atoms with Crippen LogP contribution < -0.4 is 0 Å². The number of hydrogen-bond acceptors (Lipinski definition) is 4. The normalized spacial score (nSPS) is 16.1. The van der Waals surface area contributed by atoms with Crippen molar-refractivity contribution in [2.45, 2.75) is 25.7 Å². The van der Waals surface area contributed by atoms with Gasteiger partial charge in [0.15, 0.2) is 0 Å². The van der Waals surface area contributed by atoms with E-state index in [0.717, 1.165) is 16.6 Å². The van der Waals surface area contributed by atoms with Crippen LogP contribution >= 0.6 is 11.5 Å². The smallest absolute Gasteiger partial charge is 0.212 e. The fraction of sp³-hybridized carbons (Fsp3) is 0.444. The maximum absolute atomic E-state index is 4.46. The van der Waals surface area contributed by atoms with Crippen LogP contribution in [0.2, 0.25) is 0 Å². The molecular formula is C9H10N4S. The van der Waals surface area contributed by atoms with Crippen LogP contribution in [0, 0.1) is 6.92 Å². The van der Waals surface area contributed by atoms with Gasteiger partial charge in [-0.2, -0.15) is 9.47 Å². The summed E-state index contributed by atoms with van der Waals surface area (Å²) in [6.45, 7) is 1.97. The van der Waals surface area contributed by atoms with E-state index < -0.39 is 0 Å². The number of nitrogens with zero attached hydrogens (tertiary/aromatic N) is 4. The van der Waals surface area contributed by atoms with Crippen molar-refractivity contribution < 1.29 is 0 Å². The van der Waals surface area contributed by atoms with E-state index >= 15 is 0 Å². The summed E-state index contributed by atoms with van der Waals surface area (Å²) in [7, 11) is 0. The van der Waals surface area contributed by atoms with Crippen LogP contribution in [0.5, 0.6) is 0 Å². The Labute approximate surface area is 85.8 Å². The molecule has 0 bridgehead atoms. The highest BCUT2D eigenvalue weighted by Crippen LogP contribution is 2.38. The van der Waals surface area contributed by atoms with E-state index in [-0.39, 0.29) is 0 Å². The highest BCUT2D eigenvalue weighted by molar-refractivity contribution is 7.08. The second-order valence-electron chi connectivity index (χ2n) is 3.61. The molecule has 0 aliphatic heterocycles. The monoisotopic (exact) mass is 206 g/mol. The van der Waals surface area contributed by atoms with Crippen LogP contribution in [-0.2, 0) is 0 Å². The largest absolute Gasteiger partial charge is 0.230 e. The Morgan fingerprint density at radius 3 is 3.00 bits per heavy atom. The second-order valence-corrected chi connectivity index (χ2v) is 4.34. The Morgan fingerprint density at radius 2 is 2.36 bits per heavy atom. The molecule has 3 rings (SSSR count). The van der Waals surface area contributed by atoms with Crippen molar-refractivity contribution >= 4 is 11.5 Å². The van der Waals surface area contributed by atoms with E-state index in [0.29, 0.717) is 5.92 Å². The van der Waals surface area contributed by atoms with Crippen LogP contribution in [0.1, 0.15) is 30.3 Å². The lowest BCUT2D eigenvalue weighted by atomic mass is 10.4. The second kappa shape index (κ2) is 2.88. The van der Waals surface area contributed by atoms with Gasteiger partial charge in [-0.3, -0.25) is 0 Å². The first-order valence-electron chi connectivity index (χ1n) is 4.69. The lowest BCUT2D eigenvalue weighted by Crippen LogP contribution is -1.94. The minimum atomic E-state index is 0.622. The fourth-order valence-electron chi connectivity index (χ4n) is 1.35. The Kier molecular flexibility index (Phi) is 1.67. The number of aryl methyl sites for hydroxylation is 1. The van der Waals surface area contributed by atoms with Gasteiger partial charge in [-0.05, 0) is 25.8 Å². The summed E-state index contributed by atoms with van der Waals surface area (Å²) in [5, 5.41) is 5.17. The summed E-state index contributed by atoms with van der Waals surface area (Å²) in [5.74, 6) is 1.62. The maximum atomic E-state index is 4.46. The van der Waals surface area contributed by atoms with Crippen LogP contribution in [0.3, 0.4) is 0 Å². The summed E-state index contributed by atoms with van der Waals surface area (Å²) in [6.07, 6.45) is 4.41. The van der Waals surface area contributed by atoms with Gasteiger partial charge in [-0.1, -0.05) is 0 Å². The number of hydrogen-bond donors (Lipinski definition) is 0. The van der Waals surface area contributed by atoms with Gasteiger partial charge in [0.2, 0.25) is 5.13 Å². The molecule has 0 radical (unpaired) electrons. The Balaban J connectivity index is 1.95. The summed E-state index contributed by atoms with van der Waals surface area (Å²) in [5.41, 5.74) is 1.01. The fourth-order valence-corrected chi connectivity index (χ4v) is 2.03. The Hall–Kier alpha value is -1.23. The summed E-state index contributed by atoms with van der Waals surface area (Å²) < 4.78 is 6.12. The van der Waals surface area contributed by atoms with Crippen LogP contribution in [-0.4, -0.2) is 19.1 Å². The lowest BCUT2D eigenvalue weighted by molar-refractivity contribution is 0.839. The third kappa shape index (κ3) is 1.33. The van der Waals surface area contributed by atoms with Crippen molar-refractivity contribution in [1.29, 1.82) is 0 Å². The topological polar surface area (TPSA) is 43.6 Å². The van der Waals surface area contributed by atoms with E-state index in [1.165, 1.54) is 24.4 Å². The quantitative estimate of drug-likeness (QED) is 0.753. The molecule has 0 atom stereocenters. The molecule has 1 saturated carbocycles. The molecule has 14 heavy (non-hydrogen) atoms. The maximum Gasteiger partial charge on any atom is 0.230 e. The molecule has 1 fully saturated rings. The molecule has 0 unspecified atom stereocenters. The summed E-state index contributed by atoms with van der Waals surface area (Å²) in [6, 6.07) is 1.97. The van der Waals surface area contributed by atoms with Crippen LogP contribution in [0.25, 0.3) is 5.13 Å². The SMILES string of the molecule is Cc1ccn(-c2nc(C3CC3)ns2)n1. The lowest BCUT2D eigenvalue weighted by Gasteiger charge is -1.91. The van der Waals surface area contributed by atoms with Crippen molar-refractivity contribution in [1.82, 2.24) is 19.1 Å². The molecule has 4 nitrogen and oxygen atoms in total. The minimum Gasteiger partial charge on any atom is -0.212 e. The van der Waals surface area contributed by atoms with Gasteiger partial charge in [-0.15, -0.1) is 0 Å². The van der Waals surface area contributed by atoms with Gasteiger partial charge in [0, 0.05) is 23.6 Å². The predicted molar refractivity (Wildman–Crippen MR) is 53.7 cm³/mol. The first kappa shape index (κ1) is 8.11. The molecule has 2 aromatic rings. The van der Waals surface area contributed by atoms with Crippen LogP contribution in [0.4, 0.5) is 0 Å². The van der Waals surface area contributed by atoms with Gasteiger partial charge in [0.1, 0.15) is 5.82 Å². The van der Waals surface area contributed by atoms with E-state index in [4.69, 9.17) is 0 Å². The third-order valence-corrected chi connectivity index (χ3v) is 3.01. The third-order valence-electron chi connectivity index (χ3n) is 2.29. The van der Waals surface area contributed by atoms with Crippen molar-refractivity contribution in [2.75, 3.05) is 0 Å². The molecule has 0 spiro atoms. The average Bonchev–Trinajstić information content (AvgIpc) is 2.76. The zero-order chi connectivity index (χ0) is 9.54. The van der Waals surface area contributed by atoms with E-state index in [1.807, 2.05) is 19.2 Å². The number of rotatable bonds is 2. The molecule has 72 valence electrons. The van der Waals surface area contributed by atoms with E-state index in [9.17, 15) is 0 Å². The molecule has 2 heterocycles.